The van der Waals surface area contributed by atoms with Gasteiger partial charge in [-0.1, -0.05) is 36.4 Å². The van der Waals surface area contributed by atoms with E-state index in [1.54, 1.807) is 12.1 Å². The maximum Gasteiger partial charge on any atom is 0.327 e. The van der Waals surface area contributed by atoms with Gasteiger partial charge in [-0.15, -0.1) is 0 Å². The van der Waals surface area contributed by atoms with Crippen LogP contribution in [0.2, 0.25) is 0 Å². The van der Waals surface area contributed by atoms with Crippen molar-refractivity contribution in [2.45, 2.75) is 12.5 Å². The zero-order valence-electron chi connectivity index (χ0n) is 7.63. The van der Waals surface area contributed by atoms with Crippen LogP contribution >= 0.6 is 0 Å². The molecule has 74 valence electrons. The molecule has 14 heavy (non-hydrogen) atoms. The van der Waals surface area contributed by atoms with Crippen LogP contribution in [0.4, 0.5) is 0 Å². The van der Waals surface area contributed by atoms with Gasteiger partial charge in [-0.05, 0) is 12.0 Å². The number of benzene rings is 1. The quantitative estimate of drug-likeness (QED) is 0.714. The van der Waals surface area contributed by atoms with Crippen molar-refractivity contribution in [1.29, 1.82) is 0 Å². The molecule has 0 bridgehead atoms. The van der Waals surface area contributed by atoms with Gasteiger partial charge in [0.15, 0.2) is 0 Å². The molecule has 0 aliphatic carbocycles. The van der Waals surface area contributed by atoms with E-state index in [9.17, 15) is 9.90 Å². The van der Waals surface area contributed by atoms with Crippen molar-refractivity contribution in [3.05, 3.63) is 48.0 Å². The lowest BCUT2D eigenvalue weighted by molar-refractivity contribution is -0.131. The highest BCUT2D eigenvalue weighted by Gasteiger charge is 2.03. The van der Waals surface area contributed by atoms with E-state index in [4.69, 9.17) is 5.11 Å². The summed E-state index contributed by atoms with van der Waals surface area (Å²) < 4.78 is 0. The zero-order valence-corrected chi connectivity index (χ0v) is 7.63. The third-order valence-corrected chi connectivity index (χ3v) is 1.80. The van der Waals surface area contributed by atoms with Gasteiger partial charge in [0.1, 0.15) is 0 Å². The third-order valence-electron chi connectivity index (χ3n) is 1.80. The summed E-state index contributed by atoms with van der Waals surface area (Å²) in [5.74, 6) is -0.995. The molecule has 0 spiro atoms. The first-order chi connectivity index (χ1) is 6.70. The van der Waals surface area contributed by atoms with E-state index >= 15 is 0 Å². The van der Waals surface area contributed by atoms with Crippen LogP contribution < -0.4 is 0 Å². The number of aliphatic carboxylic acids is 1. The van der Waals surface area contributed by atoms with Gasteiger partial charge in [-0.3, -0.25) is 0 Å². The number of carboxylic acid groups (broad SMARTS) is 1. The fourth-order valence-electron chi connectivity index (χ4n) is 1.11. The van der Waals surface area contributed by atoms with Crippen LogP contribution in [0.5, 0.6) is 0 Å². The van der Waals surface area contributed by atoms with Crippen LogP contribution in [0.3, 0.4) is 0 Å². The van der Waals surface area contributed by atoms with Gasteiger partial charge in [-0.2, -0.15) is 0 Å². The maximum atomic E-state index is 10.1. The van der Waals surface area contributed by atoms with Crippen LogP contribution in [0.25, 0.3) is 0 Å². The highest BCUT2D eigenvalue weighted by molar-refractivity contribution is 5.79. The van der Waals surface area contributed by atoms with Crippen molar-refractivity contribution in [2.75, 3.05) is 0 Å². The Morgan fingerprint density at radius 3 is 2.57 bits per heavy atom. The lowest BCUT2D eigenvalue weighted by Gasteiger charge is -2.06. The van der Waals surface area contributed by atoms with Gasteiger partial charge in [-0.25, -0.2) is 4.79 Å². The van der Waals surface area contributed by atoms with Crippen molar-refractivity contribution in [2.24, 2.45) is 0 Å². The number of rotatable bonds is 4. The van der Waals surface area contributed by atoms with Crippen molar-refractivity contribution in [1.82, 2.24) is 0 Å². The fraction of sp³-hybridized carbons (Fsp3) is 0.182. The molecule has 0 saturated heterocycles. The highest BCUT2D eigenvalue weighted by Crippen LogP contribution is 2.15. The minimum atomic E-state index is -0.995. The van der Waals surface area contributed by atoms with Crippen LogP contribution in [-0.4, -0.2) is 16.2 Å². The second kappa shape index (κ2) is 5.19. The fourth-order valence-corrected chi connectivity index (χ4v) is 1.11. The first-order valence-electron chi connectivity index (χ1n) is 4.32. The second-order valence-corrected chi connectivity index (χ2v) is 2.90. The lowest BCUT2D eigenvalue weighted by atomic mass is 10.1. The van der Waals surface area contributed by atoms with Crippen LogP contribution in [0.15, 0.2) is 42.5 Å². The summed E-state index contributed by atoms with van der Waals surface area (Å²) in [4.78, 5) is 10.1. The molecule has 1 aromatic carbocycles. The predicted molar refractivity (Wildman–Crippen MR) is 52.8 cm³/mol. The molecule has 0 fully saturated rings. The smallest absolute Gasteiger partial charge is 0.327 e. The second-order valence-electron chi connectivity index (χ2n) is 2.90. The van der Waals surface area contributed by atoms with Crippen molar-refractivity contribution < 1.29 is 15.0 Å². The molecule has 1 aromatic rings. The molecule has 0 aliphatic heterocycles. The van der Waals surface area contributed by atoms with E-state index in [1.807, 2.05) is 18.2 Å². The van der Waals surface area contributed by atoms with Crippen LogP contribution in [0, 0.1) is 0 Å². The van der Waals surface area contributed by atoms with E-state index in [0.29, 0.717) is 6.42 Å². The number of hydrogen-bond donors (Lipinski definition) is 2. The summed E-state index contributed by atoms with van der Waals surface area (Å²) >= 11 is 0. The molecule has 0 amide bonds. The minimum absolute atomic E-state index is 0.316. The molecule has 3 nitrogen and oxygen atoms in total. The number of aliphatic hydroxyl groups is 1. The monoisotopic (exact) mass is 192 g/mol. The van der Waals surface area contributed by atoms with E-state index in [1.165, 1.54) is 6.08 Å². The van der Waals surface area contributed by atoms with E-state index in [-0.39, 0.29) is 0 Å². The van der Waals surface area contributed by atoms with Crippen LogP contribution in [0.1, 0.15) is 18.1 Å². The predicted octanol–water partition coefficient (Wildman–Crippen LogP) is 1.75. The van der Waals surface area contributed by atoms with Gasteiger partial charge in [0.25, 0.3) is 0 Å². The third kappa shape index (κ3) is 3.41. The molecule has 1 unspecified atom stereocenters. The van der Waals surface area contributed by atoms with Crippen molar-refractivity contribution in [3.8, 4) is 0 Å². The van der Waals surface area contributed by atoms with Crippen LogP contribution in [-0.2, 0) is 4.79 Å². The number of aliphatic hydroxyl groups excluding tert-OH is 1. The largest absolute Gasteiger partial charge is 0.478 e. The first kappa shape index (κ1) is 10.5. The molecule has 0 aromatic heterocycles. The summed E-state index contributed by atoms with van der Waals surface area (Å²) in [6.07, 6.45) is 2.16. The molecule has 0 saturated carbocycles. The Kier molecular flexibility index (Phi) is 3.88. The highest BCUT2D eigenvalue weighted by atomic mass is 16.4. The Morgan fingerprint density at radius 2 is 2.00 bits per heavy atom. The summed E-state index contributed by atoms with van der Waals surface area (Å²) in [6.45, 7) is 0. The maximum absolute atomic E-state index is 10.1. The Balaban J connectivity index is 2.51. The molecular formula is C11H12O3. The van der Waals surface area contributed by atoms with Gasteiger partial charge >= 0.3 is 5.97 Å². The summed E-state index contributed by atoms with van der Waals surface area (Å²) in [5.41, 5.74) is 0.794. The van der Waals surface area contributed by atoms with E-state index < -0.39 is 12.1 Å². The Labute approximate surface area is 82.3 Å². The van der Waals surface area contributed by atoms with Crippen molar-refractivity contribution >= 4 is 5.97 Å². The molecule has 1 rings (SSSR count). The van der Waals surface area contributed by atoms with E-state index in [2.05, 4.69) is 0 Å². The standard InChI is InChI=1S/C11H12O3/c12-10(7-4-8-11(13)14)9-5-2-1-3-6-9/h1-6,8,10,12H,7H2,(H,13,14)/b8-4+. The molecular weight excluding hydrogens is 180 g/mol. The molecule has 0 heterocycles. The summed E-state index contributed by atoms with van der Waals surface area (Å²) in [6, 6.07) is 9.14. The molecule has 3 heteroatoms. The number of carbonyl (C=O) groups is 1. The van der Waals surface area contributed by atoms with Gasteiger partial charge in [0, 0.05) is 6.08 Å². The van der Waals surface area contributed by atoms with E-state index in [0.717, 1.165) is 11.6 Å². The molecule has 2 N–H and O–H groups in total. The number of carboxylic acids is 1. The SMILES string of the molecule is O=C(O)/C=C/CC(O)c1ccccc1. The average molecular weight is 192 g/mol. The lowest BCUT2D eigenvalue weighted by Crippen LogP contribution is -1.95. The summed E-state index contributed by atoms with van der Waals surface area (Å²) in [5, 5.41) is 17.9. The Morgan fingerprint density at radius 1 is 1.36 bits per heavy atom. The Bertz CT molecular complexity index is 317. The van der Waals surface area contributed by atoms with Gasteiger partial charge in [0.05, 0.1) is 6.10 Å². The number of hydrogen-bond acceptors (Lipinski definition) is 2. The van der Waals surface area contributed by atoms with Gasteiger partial charge in [0.2, 0.25) is 0 Å². The minimum Gasteiger partial charge on any atom is -0.478 e. The zero-order chi connectivity index (χ0) is 10.4. The normalized spacial score (nSPS) is 12.9. The van der Waals surface area contributed by atoms with Gasteiger partial charge < -0.3 is 10.2 Å². The topological polar surface area (TPSA) is 57.5 Å². The average Bonchev–Trinajstić information content (AvgIpc) is 2.18. The Hall–Kier alpha value is -1.61. The molecule has 1 atom stereocenters. The molecule has 0 radical (unpaired) electrons. The van der Waals surface area contributed by atoms with Crippen molar-refractivity contribution in [3.63, 3.8) is 0 Å². The molecule has 0 aliphatic rings. The summed E-state index contributed by atoms with van der Waals surface area (Å²) in [7, 11) is 0. The first-order valence-corrected chi connectivity index (χ1v) is 4.32.